The summed E-state index contributed by atoms with van der Waals surface area (Å²) in [5, 5.41) is 11.7. The van der Waals surface area contributed by atoms with Gasteiger partial charge in [-0.3, -0.25) is 0 Å². The van der Waals surface area contributed by atoms with E-state index in [9.17, 15) is 4.39 Å². The number of hydrogen-bond donors (Lipinski definition) is 2. The van der Waals surface area contributed by atoms with E-state index >= 15 is 0 Å². The highest BCUT2D eigenvalue weighted by molar-refractivity contribution is 6.30. The van der Waals surface area contributed by atoms with E-state index in [1.54, 1.807) is 6.07 Å². The summed E-state index contributed by atoms with van der Waals surface area (Å²) in [6.45, 7) is 1.81. The number of hydrogen-bond acceptors (Lipinski definition) is 4. The van der Waals surface area contributed by atoms with Gasteiger partial charge in [0.05, 0.1) is 11.6 Å². The molecule has 1 aromatic heterocycles. The maximum absolute atomic E-state index is 14.0. The second-order valence-electron chi connectivity index (χ2n) is 4.66. The third-order valence-corrected chi connectivity index (χ3v) is 3.31. The van der Waals surface area contributed by atoms with Gasteiger partial charge < -0.3 is 11.1 Å². The van der Waals surface area contributed by atoms with Crippen LogP contribution in [-0.2, 0) is 0 Å². The molecule has 2 atom stereocenters. The van der Waals surface area contributed by atoms with Crippen LogP contribution in [0.4, 0.5) is 10.2 Å². The number of benzene rings is 1. The van der Waals surface area contributed by atoms with Crippen molar-refractivity contribution >= 4 is 17.4 Å². The number of aromatic nitrogens is 1. The smallest absolute Gasteiger partial charge is 0.166 e. The van der Waals surface area contributed by atoms with E-state index in [4.69, 9.17) is 22.6 Å². The molecular weight excluding hydrogens is 291 g/mol. The molecule has 2 rings (SSSR count). The maximum atomic E-state index is 14.0. The Labute approximate surface area is 127 Å². The molecule has 0 radical (unpaired) electrons. The van der Waals surface area contributed by atoms with Gasteiger partial charge in [-0.25, -0.2) is 9.37 Å². The van der Waals surface area contributed by atoms with Crippen molar-refractivity contribution in [2.75, 3.05) is 5.32 Å². The molecule has 21 heavy (non-hydrogen) atoms. The fourth-order valence-electron chi connectivity index (χ4n) is 1.97. The van der Waals surface area contributed by atoms with Crippen LogP contribution in [0.1, 0.15) is 24.1 Å². The minimum Gasteiger partial charge on any atom is -0.359 e. The van der Waals surface area contributed by atoms with Crippen molar-refractivity contribution in [3.05, 3.63) is 58.5 Å². The van der Waals surface area contributed by atoms with Gasteiger partial charge in [-0.1, -0.05) is 41.9 Å². The number of nitriles is 1. The maximum Gasteiger partial charge on any atom is 0.166 e. The molecule has 0 saturated heterocycles. The Hall–Kier alpha value is -2.16. The van der Waals surface area contributed by atoms with Crippen LogP contribution in [-0.4, -0.2) is 11.0 Å². The van der Waals surface area contributed by atoms with Crippen molar-refractivity contribution in [2.45, 2.75) is 19.0 Å². The van der Waals surface area contributed by atoms with Gasteiger partial charge in [-0.2, -0.15) is 5.26 Å². The van der Waals surface area contributed by atoms with Gasteiger partial charge in [0.25, 0.3) is 0 Å². The van der Waals surface area contributed by atoms with E-state index in [-0.39, 0.29) is 28.6 Å². The van der Waals surface area contributed by atoms with Crippen molar-refractivity contribution in [3.63, 3.8) is 0 Å². The van der Waals surface area contributed by atoms with E-state index in [0.29, 0.717) is 0 Å². The first-order valence-electron chi connectivity index (χ1n) is 6.36. The van der Waals surface area contributed by atoms with E-state index in [0.717, 1.165) is 11.6 Å². The summed E-state index contributed by atoms with van der Waals surface area (Å²) in [4.78, 5) is 3.89. The Bertz CT molecular complexity index is 667. The second kappa shape index (κ2) is 6.53. The zero-order chi connectivity index (χ0) is 15.4. The number of nitrogens with one attached hydrogen (secondary N) is 1. The van der Waals surface area contributed by atoms with Crippen LogP contribution >= 0.6 is 11.6 Å². The molecule has 0 spiro atoms. The first-order valence-corrected chi connectivity index (χ1v) is 6.74. The molecule has 0 fully saturated rings. The lowest BCUT2D eigenvalue weighted by atomic mass is 10.0. The fourth-order valence-corrected chi connectivity index (χ4v) is 2.15. The zero-order valence-electron chi connectivity index (χ0n) is 11.3. The van der Waals surface area contributed by atoms with Crippen molar-refractivity contribution < 1.29 is 4.39 Å². The summed E-state index contributed by atoms with van der Waals surface area (Å²) in [7, 11) is 0. The third kappa shape index (κ3) is 3.48. The standard InChI is InChI=1S/C15H14ClFN4/c1-9(19)13(10-5-3-2-4-6-10)20-15-12(17)7-11(8-18)14(16)21-15/h2-7,9,13H,19H2,1H3,(H,20,21)/t9-,13-/m0/s1. The molecule has 0 amide bonds. The van der Waals surface area contributed by atoms with Gasteiger partial charge in [0.2, 0.25) is 0 Å². The normalized spacial score (nSPS) is 13.3. The van der Waals surface area contributed by atoms with Crippen LogP contribution in [0.15, 0.2) is 36.4 Å². The predicted molar refractivity (Wildman–Crippen MR) is 80.4 cm³/mol. The molecule has 4 nitrogen and oxygen atoms in total. The highest BCUT2D eigenvalue weighted by Crippen LogP contribution is 2.25. The summed E-state index contributed by atoms with van der Waals surface area (Å²) >= 11 is 5.84. The number of halogens is 2. The van der Waals surface area contributed by atoms with Gasteiger partial charge in [0, 0.05) is 6.04 Å². The molecule has 6 heteroatoms. The lowest BCUT2D eigenvalue weighted by Crippen LogP contribution is -2.31. The minimum atomic E-state index is -0.641. The van der Waals surface area contributed by atoms with Gasteiger partial charge in [-0.05, 0) is 18.6 Å². The van der Waals surface area contributed by atoms with Gasteiger partial charge in [0.1, 0.15) is 11.2 Å². The number of pyridine rings is 1. The van der Waals surface area contributed by atoms with Crippen LogP contribution in [0.2, 0.25) is 5.15 Å². The SMILES string of the molecule is C[C@H](N)[C@H](Nc1nc(Cl)c(C#N)cc1F)c1ccccc1. The summed E-state index contributed by atoms with van der Waals surface area (Å²) in [6, 6.07) is 11.7. The van der Waals surface area contributed by atoms with E-state index in [1.165, 1.54) is 0 Å². The molecule has 0 saturated carbocycles. The summed E-state index contributed by atoms with van der Waals surface area (Å²) in [5.41, 5.74) is 6.87. The number of nitrogens with zero attached hydrogens (tertiary/aromatic N) is 2. The summed E-state index contributed by atoms with van der Waals surface area (Å²) in [5.74, 6) is -0.664. The fraction of sp³-hybridized carbons (Fsp3) is 0.200. The molecule has 0 aliphatic heterocycles. The number of anilines is 1. The second-order valence-corrected chi connectivity index (χ2v) is 5.02. The largest absolute Gasteiger partial charge is 0.359 e. The first kappa shape index (κ1) is 15.2. The molecule has 1 heterocycles. The molecule has 1 aromatic carbocycles. The quantitative estimate of drug-likeness (QED) is 0.850. The van der Waals surface area contributed by atoms with Gasteiger partial charge >= 0.3 is 0 Å². The third-order valence-electron chi connectivity index (χ3n) is 3.03. The highest BCUT2D eigenvalue weighted by Gasteiger charge is 2.19. The van der Waals surface area contributed by atoms with Crippen LogP contribution in [0.3, 0.4) is 0 Å². The zero-order valence-corrected chi connectivity index (χ0v) is 12.1. The van der Waals surface area contributed by atoms with Crippen LogP contribution in [0.25, 0.3) is 0 Å². The first-order chi connectivity index (χ1) is 10.0. The molecule has 0 aliphatic rings. The predicted octanol–water partition coefficient (Wildman–Crippen LogP) is 3.25. The molecular formula is C15H14ClFN4. The number of nitrogens with two attached hydrogens (primary N) is 1. The highest BCUT2D eigenvalue weighted by atomic mass is 35.5. The average molecular weight is 305 g/mol. The topological polar surface area (TPSA) is 74.7 Å². The lowest BCUT2D eigenvalue weighted by Gasteiger charge is -2.23. The molecule has 0 aliphatic carbocycles. The van der Waals surface area contributed by atoms with Gasteiger partial charge in [-0.15, -0.1) is 0 Å². The molecule has 0 bridgehead atoms. The van der Waals surface area contributed by atoms with E-state index in [1.807, 2.05) is 37.3 Å². The molecule has 2 aromatic rings. The molecule has 0 unspecified atom stereocenters. The van der Waals surface area contributed by atoms with Crippen molar-refractivity contribution in [1.82, 2.24) is 4.98 Å². The van der Waals surface area contributed by atoms with E-state index < -0.39 is 5.82 Å². The Morgan fingerprint density at radius 3 is 2.62 bits per heavy atom. The Morgan fingerprint density at radius 2 is 2.05 bits per heavy atom. The minimum absolute atomic E-state index is 0.00299. The monoisotopic (exact) mass is 304 g/mol. The van der Waals surface area contributed by atoms with Crippen molar-refractivity contribution in [3.8, 4) is 6.07 Å². The lowest BCUT2D eigenvalue weighted by molar-refractivity contribution is 0.594. The van der Waals surface area contributed by atoms with Crippen molar-refractivity contribution in [1.29, 1.82) is 5.26 Å². The Balaban J connectivity index is 2.35. The van der Waals surface area contributed by atoms with Crippen LogP contribution < -0.4 is 11.1 Å². The average Bonchev–Trinajstić information content (AvgIpc) is 2.48. The van der Waals surface area contributed by atoms with Crippen LogP contribution in [0, 0.1) is 17.1 Å². The van der Waals surface area contributed by atoms with E-state index in [2.05, 4.69) is 10.3 Å². The summed E-state index contributed by atoms with van der Waals surface area (Å²) in [6.07, 6.45) is 0. The van der Waals surface area contributed by atoms with Crippen molar-refractivity contribution in [2.24, 2.45) is 5.73 Å². The molecule has 3 N–H and O–H groups in total. The van der Waals surface area contributed by atoms with Crippen LogP contribution in [0.5, 0.6) is 0 Å². The summed E-state index contributed by atoms with van der Waals surface area (Å²) < 4.78 is 14.0. The number of rotatable bonds is 4. The van der Waals surface area contributed by atoms with Gasteiger partial charge in [0.15, 0.2) is 11.6 Å². The Kier molecular flexibility index (Phi) is 4.73. The molecule has 108 valence electrons. The Morgan fingerprint density at radius 1 is 1.38 bits per heavy atom.